The summed E-state index contributed by atoms with van der Waals surface area (Å²) >= 11 is 0. The number of rotatable bonds is 4. The number of carbonyl (C=O) groups excluding carboxylic acids is 1. The number of amides is 1. The molecule has 1 heterocycles. The molecule has 0 aliphatic rings. The van der Waals surface area contributed by atoms with Gasteiger partial charge in [-0.25, -0.2) is 9.37 Å². The van der Waals surface area contributed by atoms with Crippen molar-refractivity contribution in [2.24, 2.45) is 0 Å². The fourth-order valence-electron chi connectivity index (χ4n) is 1.75. The van der Waals surface area contributed by atoms with Crippen LogP contribution in [-0.2, 0) is 6.54 Å². The Morgan fingerprint density at radius 2 is 2.20 bits per heavy atom. The number of nitrogens with one attached hydrogen (secondary N) is 1. The fourth-order valence-corrected chi connectivity index (χ4v) is 1.75. The number of pyridine rings is 1. The van der Waals surface area contributed by atoms with Gasteiger partial charge in [0.05, 0.1) is 7.11 Å². The Bertz CT molecular complexity index is 629. The maximum absolute atomic E-state index is 13.4. The van der Waals surface area contributed by atoms with E-state index in [1.54, 1.807) is 31.3 Å². The van der Waals surface area contributed by atoms with E-state index in [1.807, 2.05) is 6.07 Å². The van der Waals surface area contributed by atoms with E-state index >= 15 is 0 Å². The van der Waals surface area contributed by atoms with E-state index < -0.39 is 5.82 Å². The van der Waals surface area contributed by atoms with Crippen LogP contribution < -0.4 is 10.1 Å². The number of benzene rings is 1. The van der Waals surface area contributed by atoms with Crippen molar-refractivity contribution in [3.8, 4) is 5.88 Å². The zero-order valence-electron chi connectivity index (χ0n) is 11.3. The largest absolute Gasteiger partial charge is 0.481 e. The lowest BCUT2D eigenvalue weighted by atomic mass is 10.1. The molecule has 0 aliphatic heterocycles. The van der Waals surface area contributed by atoms with Crippen LogP contribution in [0.1, 0.15) is 21.5 Å². The molecular formula is C15H15FN2O2. The summed E-state index contributed by atoms with van der Waals surface area (Å²) in [5.74, 6) is -0.269. The summed E-state index contributed by atoms with van der Waals surface area (Å²) in [5.41, 5.74) is 1.56. The second-order valence-corrected chi connectivity index (χ2v) is 4.32. The van der Waals surface area contributed by atoms with E-state index in [9.17, 15) is 9.18 Å². The Hall–Kier alpha value is -2.43. The van der Waals surface area contributed by atoms with Crippen molar-refractivity contribution < 1.29 is 13.9 Å². The van der Waals surface area contributed by atoms with Gasteiger partial charge in [0.25, 0.3) is 5.91 Å². The summed E-state index contributed by atoms with van der Waals surface area (Å²) in [6.45, 7) is 1.92. The molecule has 0 saturated heterocycles. The average molecular weight is 274 g/mol. The monoisotopic (exact) mass is 274 g/mol. The predicted molar refractivity (Wildman–Crippen MR) is 73.1 cm³/mol. The minimum atomic E-state index is -0.392. The number of hydrogen-bond acceptors (Lipinski definition) is 3. The molecule has 0 aliphatic carbocycles. The van der Waals surface area contributed by atoms with E-state index in [1.165, 1.54) is 13.2 Å². The molecule has 20 heavy (non-hydrogen) atoms. The van der Waals surface area contributed by atoms with Crippen molar-refractivity contribution in [2.75, 3.05) is 7.11 Å². The third-order valence-electron chi connectivity index (χ3n) is 2.92. The van der Waals surface area contributed by atoms with E-state index in [0.29, 0.717) is 11.4 Å². The Morgan fingerprint density at radius 3 is 2.90 bits per heavy atom. The van der Waals surface area contributed by atoms with Crippen LogP contribution in [0.5, 0.6) is 5.88 Å². The van der Waals surface area contributed by atoms with Crippen molar-refractivity contribution in [3.63, 3.8) is 0 Å². The molecule has 1 aromatic heterocycles. The molecule has 104 valence electrons. The topological polar surface area (TPSA) is 51.2 Å². The van der Waals surface area contributed by atoms with E-state index in [0.717, 1.165) is 5.56 Å². The zero-order valence-corrected chi connectivity index (χ0v) is 11.3. The van der Waals surface area contributed by atoms with Crippen LogP contribution in [0.2, 0.25) is 0 Å². The first kappa shape index (κ1) is 14.0. The summed E-state index contributed by atoms with van der Waals surface area (Å²) in [7, 11) is 1.52. The zero-order chi connectivity index (χ0) is 14.5. The highest BCUT2D eigenvalue weighted by molar-refractivity contribution is 5.94. The van der Waals surface area contributed by atoms with Crippen molar-refractivity contribution in [3.05, 3.63) is 59.0 Å². The van der Waals surface area contributed by atoms with Gasteiger partial charge in [0.1, 0.15) is 5.82 Å². The van der Waals surface area contributed by atoms with Crippen LogP contribution in [0, 0.1) is 12.7 Å². The van der Waals surface area contributed by atoms with Crippen LogP contribution in [0.15, 0.2) is 36.5 Å². The van der Waals surface area contributed by atoms with Crippen LogP contribution >= 0.6 is 0 Å². The molecule has 4 nitrogen and oxygen atoms in total. The van der Waals surface area contributed by atoms with Crippen LogP contribution in [0.25, 0.3) is 0 Å². The third kappa shape index (κ3) is 3.12. The van der Waals surface area contributed by atoms with Gasteiger partial charge in [0.15, 0.2) is 0 Å². The summed E-state index contributed by atoms with van der Waals surface area (Å²) in [6.07, 6.45) is 1.61. The standard InChI is InChI=1S/C15H15FN2O2/c1-10-5-6-11(8-13(10)16)14(19)18-9-12-4-3-7-17-15(12)20-2/h3-8H,9H2,1-2H3,(H,18,19). The summed E-state index contributed by atoms with van der Waals surface area (Å²) in [6, 6.07) is 7.96. The highest BCUT2D eigenvalue weighted by Crippen LogP contribution is 2.14. The SMILES string of the molecule is COc1ncccc1CNC(=O)c1ccc(C)c(F)c1. The summed E-state index contributed by atoms with van der Waals surface area (Å²) in [5, 5.41) is 2.71. The molecule has 1 amide bonds. The van der Waals surface area contributed by atoms with Gasteiger partial charge < -0.3 is 10.1 Å². The molecule has 0 fully saturated rings. The Kier molecular flexibility index (Phi) is 4.30. The smallest absolute Gasteiger partial charge is 0.251 e. The van der Waals surface area contributed by atoms with Crippen LogP contribution in [0.4, 0.5) is 4.39 Å². The molecule has 0 unspecified atom stereocenters. The van der Waals surface area contributed by atoms with Gasteiger partial charge in [-0.15, -0.1) is 0 Å². The lowest BCUT2D eigenvalue weighted by Gasteiger charge is -2.09. The van der Waals surface area contributed by atoms with Gasteiger partial charge in [-0.1, -0.05) is 12.1 Å². The maximum atomic E-state index is 13.4. The van der Waals surface area contributed by atoms with E-state index in [4.69, 9.17) is 4.74 Å². The normalized spacial score (nSPS) is 10.2. The molecule has 0 spiro atoms. The van der Waals surface area contributed by atoms with Gasteiger partial charge in [0.2, 0.25) is 5.88 Å². The molecule has 0 saturated carbocycles. The van der Waals surface area contributed by atoms with Gasteiger partial charge in [-0.05, 0) is 30.7 Å². The first-order valence-corrected chi connectivity index (χ1v) is 6.14. The van der Waals surface area contributed by atoms with Crippen molar-refractivity contribution in [1.82, 2.24) is 10.3 Å². The molecule has 0 bridgehead atoms. The molecule has 2 aromatic rings. The highest BCUT2D eigenvalue weighted by atomic mass is 19.1. The Balaban J connectivity index is 2.06. The lowest BCUT2D eigenvalue weighted by molar-refractivity contribution is 0.0950. The molecule has 1 aromatic carbocycles. The molecule has 0 radical (unpaired) electrons. The van der Waals surface area contributed by atoms with E-state index in [2.05, 4.69) is 10.3 Å². The first-order chi connectivity index (χ1) is 9.61. The lowest BCUT2D eigenvalue weighted by Crippen LogP contribution is -2.23. The van der Waals surface area contributed by atoms with Gasteiger partial charge in [-0.3, -0.25) is 4.79 Å². The quantitative estimate of drug-likeness (QED) is 0.931. The van der Waals surface area contributed by atoms with Crippen molar-refractivity contribution >= 4 is 5.91 Å². The number of hydrogen-bond donors (Lipinski definition) is 1. The number of ether oxygens (including phenoxy) is 1. The first-order valence-electron chi connectivity index (χ1n) is 6.14. The number of aromatic nitrogens is 1. The number of methoxy groups -OCH3 is 1. The number of halogens is 1. The van der Waals surface area contributed by atoms with Crippen LogP contribution in [0.3, 0.4) is 0 Å². The maximum Gasteiger partial charge on any atom is 0.251 e. The Labute approximate surface area is 116 Å². The fraction of sp³-hybridized carbons (Fsp3) is 0.200. The third-order valence-corrected chi connectivity index (χ3v) is 2.92. The second kappa shape index (κ2) is 6.14. The van der Waals surface area contributed by atoms with Gasteiger partial charge in [-0.2, -0.15) is 0 Å². The van der Waals surface area contributed by atoms with E-state index in [-0.39, 0.29) is 18.0 Å². The average Bonchev–Trinajstić information content (AvgIpc) is 2.47. The molecule has 2 rings (SSSR count). The minimum absolute atomic E-state index is 0.269. The van der Waals surface area contributed by atoms with Gasteiger partial charge >= 0.3 is 0 Å². The molecule has 0 atom stereocenters. The predicted octanol–water partition coefficient (Wildman–Crippen LogP) is 2.47. The highest BCUT2D eigenvalue weighted by Gasteiger charge is 2.09. The number of carbonyl (C=O) groups is 1. The van der Waals surface area contributed by atoms with Gasteiger partial charge in [0, 0.05) is 23.9 Å². The second-order valence-electron chi connectivity index (χ2n) is 4.32. The van der Waals surface area contributed by atoms with Crippen molar-refractivity contribution in [1.29, 1.82) is 0 Å². The summed E-state index contributed by atoms with van der Waals surface area (Å²) in [4.78, 5) is 16.0. The summed E-state index contributed by atoms with van der Waals surface area (Å²) < 4.78 is 18.5. The van der Waals surface area contributed by atoms with Crippen molar-refractivity contribution in [2.45, 2.75) is 13.5 Å². The Morgan fingerprint density at radius 1 is 1.40 bits per heavy atom. The molecule has 5 heteroatoms. The number of nitrogens with zero attached hydrogens (tertiary/aromatic N) is 1. The molecular weight excluding hydrogens is 259 g/mol. The minimum Gasteiger partial charge on any atom is -0.481 e. The molecule has 1 N–H and O–H groups in total. The van der Waals surface area contributed by atoms with Crippen LogP contribution in [-0.4, -0.2) is 18.0 Å². The number of aryl methyl sites for hydroxylation is 1.